The second-order valence-corrected chi connectivity index (χ2v) is 4.74. The highest BCUT2D eigenvalue weighted by molar-refractivity contribution is 7.98. The largest absolute Gasteiger partial charge is 0.293 e. The molecule has 1 heterocycles. The van der Waals surface area contributed by atoms with Crippen molar-refractivity contribution in [3.8, 4) is 0 Å². The van der Waals surface area contributed by atoms with Crippen LogP contribution in [0.15, 0.2) is 11.1 Å². The number of hydrogen-bond acceptors (Lipinski definition) is 3. The molecule has 0 amide bonds. The molecule has 0 aromatic carbocycles. The first-order valence-corrected chi connectivity index (χ1v) is 6.52. The summed E-state index contributed by atoms with van der Waals surface area (Å²) in [6, 6.07) is 2.14. The quantitative estimate of drug-likeness (QED) is 0.568. The van der Waals surface area contributed by atoms with Crippen LogP contribution in [0.4, 0.5) is 0 Å². The third-order valence-electron chi connectivity index (χ3n) is 2.86. The molecule has 15 heavy (non-hydrogen) atoms. The molecule has 1 aromatic heterocycles. The van der Waals surface area contributed by atoms with Crippen LogP contribution in [-0.4, -0.2) is 17.0 Å². The van der Waals surface area contributed by atoms with Crippen molar-refractivity contribution in [1.82, 2.24) is 4.98 Å². The van der Waals surface area contributed by atoms with E-state index in [1.807, 2.05) is 6.26 Å². The lowest BCUT2D eigenvalue weighted by Gasteiger charge is -2.18. The van der Waals surface area contributed by atoms with Gasteiger partial charge in [-0.25, -0.2) is 4.98 Å². The molecule has 0 unspecified atom stereocenters. The highest BCUT2D eigenvalue weighted by Gasteiger charge is 2.18. The second kappa shape index (κ2) is 4.35. The number of rotatable bonds is 2. The van der Waals surface area contributed by atoms with Crippen molar-refractivity contribution in [2.24, 2.45) is 0 Å². The Morgan fingerprint density at radius 2 is 2.13 bits per heavy atom. The first-order chi connectivity index (χ1) is 7.22. The Morgan fingerprint density at radius 1 is 1.40 bits per heavy atom. The fraction of sp³-hybridized carbons (Fsp3) is 0.500. The van der Waals surface area contributed by atoms with E-state index in [0.717, 1.165) is 17.9 Å². The minimum Gasteiger partial charge on any atom is -0.293 e. The number of hydrogen-bond donors (Lipinski definition) is 0. The Kier molecular flexibility index (Phi) is 3.10. The molecular formula is C12H15NOS. The summed E-state index contributed by atoms with van der Waals surface area (Å²) in [6.07, 6.45) is 6.55. The van der Waals surface area contributed by atoms with Crippen molar-refractivity contribution >= 4 is 17.5 Å². The van der Waals surface area contributed by atoms with Crippen molar-refractivity contribution < 1.29 is 4.79 Å². The number of carbonyl (C=O) groups excluding carboxylic acids is 1. The minimum atomic E-state index is 0.101. The SMILES string of the molecule is CSc1cc2c(c(C(C)=O)n1)CCCC2. The van der Waals surface area contributed by atoms with Gasteiger partial charge in [0.15, 0.2) is 5.78 Å². The van der Waals surface area contributed by atoms with E-state index < -0.39 is 0 Å². The molecule has 80 valence electrons. The van der Waals surface area contributed by atoms with Gasteiger partial charge in [-0.15, -0.1) is 11.8 Å². The van der Waals surface area contributed by atoms with Gasteiger partial charge in [0, 0.05) is 6.92 Å². The molecule has 0 N–H and O–H groups in total. The van der Waals surface area contributed by atoms with Crippen LogP contribution in [-0.2, 0) is 12.8 Å². The Balaban J connectivity index is 2.55. The molecular weight excluding hydrogens is 206 g/mol. The number of aromatic nitrogens is 1. The van der Waals surface area contributed by atoms with Gasteiger partial charge in [-0.2, -0.15) is 0 Å². The summed E-state index contributed by atoms with van der Waals surface area (Å²) in [5.41, 5.74) is 3.24. The monoisotopic (exact) mass is 221 g/mol. The molecule has 0 bridgehead atoms. The van der Waals surface area contributed by atoms with Gasteiger partial charge in [0.1, 0.15) is 5.69 Å². The number of carbonyl (C=O) groups is 1. The minimum absolute atomic E-state index is 0.101. The van der Waals surface area contributed by atoms with Crippen molar-refractivity contribution in [1.29, 1.82) is 0 Å². The van der Waals surface area contributed by atoms with Crippen LogP contribution >= 0.6 is 11.8 Å². The summed E-state index contributed by atoms with van der Waals surface area (Å²) in [4.78, 5) is 15.9. The fourth-order valence-electron chi connectivity index (χ4n) is 2.11. The van der Waals surface area contributed by atoms with Crippen LogP contribution < -0.4 is 0 Å². The standard InChI is InChI=1S/C12H15NOS/c1-8(14)12-10-6-4-3-5-9(10)7-11(13-12)15-2/h7H,3-6H2,1-2H3. The maximum atomic E-state index is 11.5. The van der Waals surface area contributed by atoms with Crippen LogP contribution in [0.5, 0.6) is 0 Å². The third-order valence-corrected chi connectivity index (χ3v) is 3.49. The van der Waals surface area contributed by atoms with E-state index in [1.54, 1.807) is 18.7 Å². The molecule has 1 aliphatic rings. The molecule has 0 atom stereocenters. The van der Waals surface area contributed by atoms with Crippen molar-refractivity contribution in [3.05, 3.63) is 22.9 Å². The molecule has 0 spiro atoms. The Hall–Kier alpha value is -0.830. The van der Waals surface area contributed by atoms with E-state index >= 15 is 0 Å². The van der Waals surface area contributed by atoms with Gasteiger partial charge >= 0.3 is 0 Å². The van der Waals surface area contributed by atoms with Gasteiger partial charge in [-0.05, 0) is 49.1 Å². The first kappa shape index (κ1) is 10.7. The number of thioether (sulfide) groups is 1. The fourth-order valence-corrected chi connectivity index (χ4v) is 2.56. The molecule has 2 nitrogen and oxygen atoms in total. The molecule has 1 aromatic rings. The predicted molar refractivity (Wildman–Crippen MR) is 62.7 cm³/mol. The van der Waals surface area contributed by atoms with Crippen LogP contribution in [0, 0.1) is 0 Å². The molecule has 2 rings (SSSR count). The zero-order valence-corrected chi connectivity index (χ0v) is 9.99. The average molecular weight is 221 g/mol. The number of fused-ring (bicyclic) bond motifs is 1. The zero-order chi connectivity index (χ0) is 10.8. The Morgan fingerprint density at radius 3 is 2.80 bits per heavy atom. The van der Waals surface area contributed by atoms with Crippen LogP contribution in [0.2, 0.25) is 0 Å². The third kappa shape index (κ3) is 2.07. The summed E-state index contributed by atoms with van der Waals surface area (Å²) in [5, 5.41) is 0.973. The number of pyridine rings is 1. The number of ketones is 1. The smallest absolute Gasteiger partial charge is 0.178 e. The van der Waals surface area contributed by atoms with Crippen molar-refractivity contribution in [2.75, 3.05) is 6.26 Å². The van der Waals surface area contributed by atoms with Crippen LogP contribution in [0.1, 0.15) is 41.4 Å². The van der Waals surface area contributed by atoms with Gasteiger partial charge < -0.3 is 0 Å². The summed E-state index contributed by atoms with van der Waals surface area (Å²) >= 11 is 1.61. The second-order valence-electron chi connectivity index (χ2n) is 3.91. The van der Waals surface area contributed by atoms with Gasteiger partial charge in [0.2, 0.25) is 0 Å². The maximum Gasteiger partial charge on any atom is 0.178 e. The topological polar surface area (TPSA) is 30.0 Å². The van der Waals surface area contributed by atoms with Crippen molar-refractivity contribution in [2.45, 2.75) is 37.6 Å². The van der Waals surface area contributed by atoms with Crippen LogP contribution in [0.25, 0.3) is 0 Å². The Bertz CT molecular complexity index is 401. The zero-order valence-electron chi connectivity index (χ0n) is 9.17. The van der Waals surface area contributed by atoms with Crippen LogP contribution in [0.3, 0.4) is 0 Å². The molecule has 0 aliphatic heterocycles. The number of Topliss-reactive ketones (excluding diaryl/α,β-unsaturated/α-hetero) is 1. The molecule has 1 aliphatic carbocycles. The molecule has 0 saturated carbocycles. The van der Waals surface area contributed by atoms with E-state index in [1.165, 1.54) is 24.0 Å². The lowest BCUT2D eigenvalue weighted by Crippen LogP contribution is -2.12. The van der Waals surface area contributed by atoms with Crippen molar-refractivity contribution in [3.63, 3.8) is 0 Å². The van der Waals surface area contributed by atoms with Gasteiger partial charge in [-0.3, -0.25) is 4.79 Å². The number of aryl methyl sites for hydroxylation is 1. The van der Waals surface area contributed by atoms with E-state index in [-0.39, 0.29) is 5.78 Å². The average Bonchev–Trinajstić information content (AvgIpc) is 2.27. The first-order valence-electron chi connectivity index (χ1n) is 5.30. The Labute approximate surface area is 94.5 Å². The van der Waals surface area contributed by atoms with E-state index in [4.69, 9.17) is 0 Å². The van der Waals surface area contributed by atoms with E-state index in [9.17, 15) is 4.79 Å². The highest BCUT2D eigenvalue weighted by Crippen LogP contribution is 2.27. The maximum absolute atomic E-state index is 11.5. The lowest BCUT2D eigenvalue weighted by atomic mass is 9.90. The van der Waals surface area contributed by atoms with Gasteiger partial charge in [0.25, 0.3) is 0 Å². The van der Waals surface area contributed by atoms with E-state index in [0.29, 0.717) is 5.69 Å². The predicted octanol–water partition coefficient (Wildman–Crippen LogP) is 2.88. The lowest BCUT2D eigenvalue weighted by molar-refractivity contribution is 0.101. The summed E-state index contributed by atoms with van der Waals surface area (Å²) in [5.74, 6) is 0.101. The van der Waals surface area contributed by atoms with Gasteiger partial charge in [0.05, 0.1) is 5.03 Å². The van der Waals surface area contributed by atoms with Gasteiger partial charge in [-0.1, -0.05) is 0 Å². The summed E-state index contributed by atoms with van der Waals surface area (Å²) in [6.45, 7) is 1.61. The summed E-state index contributed by atoms with van der Waals surface area (Å²) < 4.78 is 0. The normalized spacial score (nSPS) is 14.8. The summed E-state index contributed by atoms with van der Waals surface area (Å²) in [7, 11) is 0. The highest BCUT2D eigenvalue weighted by atomic mass is 32.2. The molecule has 0 fully saturated rings. The molecule has 0 saturated heterocycles. The number of nitrogens with zero attached hydrogens (tertiary/aromatic N) is 1. The molecule has 0 radical (unpaired) electrons. The molecule has 3 heteroatoms. The van der Waals surface area contributed by atoms with E-state index in [2.05, 4.69) is 11.1 Å².